The normalized spacial score (nSPS) is 10.5. The van der Waals surface area contributed by atoms with Crippen molar-refractivity contribution in [1.29, 1.82) is 0 Å². The van der Waals surface area contributed by atoms with Crippen LogP contribution in [0.2, 0.25) is 0 Å². The Balaban J connectivity index is 2.72. The number of anilines is 2. The fraction of sp³-hybridized carbons (Fsp3) is 0.154. The van der Waals surface area contributed by atoms with Crippen molar-refractivity contribution in [2.45, 2.75) is 0 Å². The molecule has 3 N–H and O–H groups in total. The van der Waals surface area contributed by atoms with Crippen molar-refractivity contribution >= 4 is 40.0 Å². The molecule has 2 aromatic rings. The van der Waals surface area contributed by atoms with E-state index in [0.717, 1.165) is 9.13 Å². The number of carbonyl (C=O) groups excluding carboxylic acids is 1. The lowest BCUT2D eigenvalue weighted by Gasteiger charge is -2.15. The molecule has 0 atom stereocenters. The molecule has 1 aromatic heterocycles. The summed E-state index contributed by atoms with van der Waals surface area (Å²) in [6.07, 6.45) is 0. The number of carbonyl (C=O) groups is 1. The molecule has 0 fully saturated rings. The van der Waals surface area contributed by atoms with E-state index in [1.165, 1.54) is 26.2 Å². The fourth-order valence-electron chi connectivity index (χ4n) is 1.93. The molecule has 1 amide bonds. The van der Waals surface area contributed by atoms with Crippen LogP contribution in [0.25, 0.3) is 0 Å². The molecular weight excluding hydrogens is 406 g/mol. The van der Waals surface area contributed by atoms with Crippen LogP contribution < -0.4 is 22.3 Å². The molecule has 7 nitrogen and oxygen atoms in total. The van der Waals surface area contributed by atoms with Gasteiger partial charge in [0.05, 0.1) is 5.69 Å². The molecule has 0 saturated heterocycles. The first-order valence-corrected chi connectivity index (χ1v) is 7.13. The summed E-state index contributed by atoms with van der Waals surface area (Å²) in [5, 5.41) is 2.60. The van der Waals surface area contributed by atoms with E-state index < -0.39 is 28.5 Å². The SMILES string of the molecule is Cn1c(Nc2ccc(I)cc2F)c(C(N)=O)c(=O)n(C)c1=O. The van der Waals surface area contributed by atoms with E-state index in [-0.39, 0.29) is 11.5 Å². The summed E-state index contributed by atoms with van der Waals surface area (Å²) in [5.74, 6) is -1.75. The Bertz CT molecular complexity index is 888. The van der Waals surface area contributed by atoms with Crippen LogP contribution in [0.1, 0.15) is 10.4 Å². The van der Waals surface area contributed by atoms with Gasteiger partial charge in [0, 0.05) is 17.7 Å². The van der Waals surface area contributed by atoms with Gasteiger partial charge in [-0.05, 0) is 40.8 Å². The number of nitrogens with one attached hydrogen (secondary N) is 1. The zero-order valence-corrected chi connectivity index (χ0v) is 13.8. The van der Waals surface area contributed by atoms with Crippen molar-refractivity contribution in [2.75, 3.05) is 5.32 Å². The summed E-state index contributed by atoms with van der Waals surface area (Å²) in [6, 6.07) is 4.34. The first kappa shape index (κ1) is 16.2. The summed E-state index contributed by atoms with van der Waals surface area (Å²) < 4.78 is 16.4. The molecule has 9 heteroatoms. The largest absolute Gasteiger partial charge is 0.365 e. The molecule has 0 bridgehead atoms. The van der Waals surface area contributed by atoms with E-state index in [1.807, 2.05) is 22.6 Å². The number of rotatable bonds is 3. The molecule has 0 aliphatic rings. The lowest BCUT2D eigenvalue weighted by Crippen LogP contribution is -2.42. The minimum atomic E-state index is -1.01. The third-order valence-electron chi connectivity index (χ3n) is 3.10. The van der Waals surface area contributed by atoms with Gasteiger partial charge in [0.2, 0.25) is 0 Å². The summed E-state index contributed by atoms with van der Waals surface area (Å²) in [5.41, 5.74) is 3.31. The maximum Gasteiger partial charge on any atom is 0.332 e. The third kappa shape index (κ3) is 2.75. The molecule has 0 saturated carbocycles. The van der Waals surface area contributed by atoms with Crippen LogP contribution in [0.4, 0.5) is 15.9 Å². The summed E-state index contributed by atoms with van der Waals surface area (Å²) in [4.78, 5) is 35.5. The van der Waals surface area contributed by atoms with Crippen LogP contribution in [0, 0.1) is 9.39 Å². The zero-order chi connectivity index (χ0) is 16.6. The highest BCUT2D eigenvalue weighted by Gasteiger charge is 2.20. The first-order chi connectivity index (χ1) is 10.2. The molecule has 0 unspecified atom stereocenters. The van der Waals surface area contributed by atoms with Crippen LogP contribution >= 0.6 is 22.6 Å². The van der Waals surface area contributed by atoms with Crippen molar-refractivity contribution < 1.29 is 9.18 Å². The number of hydrogen-bond acceptors (Lipinski definition) is 4. The average Bonchev–Trinajstić information content (AvgIpc) is 2.44. The van der Waals surface area contributed by atoms with E-state index >= 15 is 0 Å². The van der Waals surface area contributed by atoms with Gasteiger partial charge in [-0.2, -0.15) is 0 Å². The number of hydrogen-bond donors (Lipinski definition) is 2. The van der Waals surface area contributed by atoms with Gasteiger partial charge in [-0.15, -0.1) is 0 Å². The maximum atomic E-state index is 13.9. The highest BCUT2D eigenvalue weighted by atomic mass is 127. The van der Waals surface area contributed by atoms with E-state index in [4.69, 9.17) is 5.73 Å². The third-order valence-corrected chi connectivity index (χ3v) is 3.77. The van der Waals surface area contributed by atoms with E-state index in [1.54, 1.807) is 6.07 Å². The predicted octanol–water partition coefficient (Wildman–Crippen LogP) is 0.670. The van der Waals surface area contributed by atoms with Crippen LogP contribution in [-0.2, 0) is 14.1 Å². The molecule has 1 aromatic carbocycles. The first-order valence-electron chi connectivity index (χ1n) is 6.06. The van der Waals surface area contributed by atoms with Crippen LogP contribution in [0.3, 0.4) is 0 Å². The van der Waals surface area contributed by atoms with E-state index in [2.05, 4.69) is 5.32 Å². The van der Waals surface area contributed by atoms with Gasteiger partial charge in [-0.3, -0.25) is 18.7 Å². The molecular formula is C13H12FIN4O3. The molecule has 0 aliphatic carbocycles. The Morgan fingerprint density at radius 3 is 2.45 bits per heavy atom. The number of benzene rings is 1. The Kier molecular flexibility index (Phi) is 4.35. The molecule has 0 spiro atoms. The molecule has 0 radical (unpaired) electrons. The number of amides is 1. The van der Waals surface area contributed by atoms with Crippen molar-refractivity contribution in [3.8, 4) is 0 Å². The average molecular weight is 418 g/mol. The van der Waals surface area contributed by atoms with Crippen LogP contribution in [0.15, 0.2) is 27.8 Å². The molecule has 116 valence electrons. The second kappa shape index (κ2) is 5.91. The smallest absolute Gasteiger partial charge is 0.332 e. The van der Waals surface area contributed by atoms with Crippen LogP contribution in [-0.4, -0.2) is 15.0 Å². The number of halogens is 2. The minimum Gasteiger partial charge on any atom is -0.365 e. The lowest BCUT2D eigenvalue weighted by molar-refractivity contribution is 0.0998. The summed E-state index contributed by atoms with van der Waals surface area (Å²) in [7, 11) is 2.58. The standard InChI is InChI=1S/C13H12FIN4O3/c1-18-11(17-8-4-3-6(15)5-7(8)14)9(10(16)20)12(21)19(2)13(18)22/h3-5,17H,1-2H3,(H2,16,20). The molecule has 2 rings (SSSR count). The lowest BCUT2D eigenvalue weighted by atomic mass is 10.2. The molecule has 22 heavy (non-hydrogen) atoms. The van der Waals surface area contributed by atoms with Crippen molar-refractivity contribution in [1.82, 2.24) is 9.13 Å². The van der Waals surface area contributed by atoms with Crippen molar-refractivity contribution in [3.05, 3.63) is 54.0 Å². The maximum absolute atomic E-state index is 13.9. The van der Waals surface area contributed by atoms with Gasteiger partial charge in [0.1, 0.15) is 17.2 Å². The quantitative estimate of drug-likeness (QED) is 0.716. The minimum absolute atomic E-state index is 0.0196. The number of aromatic nitrogens is 2. The van der Waals surface area contributed by atoms with Gasteiger partial charge in [0.25, 0.3) is 11.5 Å². The Labute approximate surface area is 137 Å². The van der Waals surface area contributed by atoms with E-state index in [9.17, 15) is 18.8 Å². The van der Waals surface area contributed by atoms with Gasteiger partial charge in [0.15, 0.2) is 0 Å². The highest BCUT2D eigenvalue weighted by Crippen LogP contribution is 2.22. The molecule has 1 heterocycles. The zero-order valence-electron chi connectivity index (χ0n) is 11.7. The summed E-state index contributed by atoms with van der Waals surface area (Å²) in [6.45, 7) is 0. The Morgan fingerprint density at radius 2 is 1.91 bits per heavy atom. The van der Waals surface area contributed by atoms with Gasteiger partial charge >= 0.3 is 5.69 Å². The van der Waals surface area contributed by atoms with Gasteiger partial charge in [-0.25, -0.2) is 9.18 Å². The number of nitrogens with zero attached hydrogens (tertiary/aromatic N) is 2. The second-order valence-electron chi connectivity index (χ2n) is 4.54. The van der Waals surface area contributed by atoms with Gasteiger partial charge in [-0.1, -0.05) is 0 Å². The second-order valence-corrected chi connectivity index (χ2v) is 5.79. The predicted molar refractivity (Wildman–Crippen MR) is 87.8 cm³/mol. The number of nitrogens with two attached hydrogens (primary N) is 1. The fourth-order valence-corrected chi connectivity index (χ4v) is 2.38. The monoisotopic (exact) mass is 418 g/mol. The molecule has 0 aliphatic heterocycles. The van der Waals surface area contributed by atoms with Gasteiger partial charge < -0.3 is 11.1 Å². The highest BCUT2D eigenvalue weighted by molar-refractivity contribution is 14.1. The Morgan fingerprint density at radius 1 is 1.27 bits per heavy atom. The number of primary amides is 1. The van der Waals surface area contributed by atoms with Crippen molar-refractivity contribution in [2.24, 2.45) is 19.8 Å². The summed E-state index contributed by atoms with van der Waals surface area (Å²) >= 11 is 1.94. The van der Waals surface area contributed by atoms with E-state index in [0.29, 0.717) is 3.57 Å². The van der Waals surface area contributed by atoms with Crippen molar-refractivity contribution in [3.63, 3.8) is 0 Å². The Hall–Kier alpha value is -2.17. The topological polar surface area (TPSA) is 99.1 Å². The van der Waals surface area contributed by atoms with Crippen LogP contribution in [0.5, 0.6) is 0 Å².